The molecule has 0 N–H and O–H groups in total. The second kappa shape index (κ2) is 8.47. The zero-order valence-electron chi connectivity index (χ0n) is 14.4. The van der Waals surface area contributed by atoms with E-state index >= 15 is 0 Å². The lowest BCUT2D eigenvalue weighted by Crippen LogP contribution is -2.51. The molecular formula is C20H21FN2O3. The summed E-state index contributed by atoms with van der Waals surface area (Å²) in [6, 6.07) is 15.8. The van der Waals surface area contributed by atoms with Gasteiger partial charge in [0.05, 0.1) is 6.42 Å². The summed E-state index contributed by atoms with van der Waals surface area (Å²) in [6.45, 7) is 1.90. The van der Waals surface area contributed by atoms with E-state index in [-0.39, 0.29) is 30.8 Å². The van der Waals surface area contributed by atoms with Gasteiger partial charge in [0.15, 0.2) is 0 Å². The molecule has 6 heteroatoms. The smallest absolute Gasteiger partial charge is 0.410 e. The molecule has 3 rings (SSSR count). The van der Waals surface area contributed by atoms with Gasteiger partial charge in [0.25, 0.3) is 0 Å². The van der Waals surface area contributed by atoms with E-state index in [0.29, 0.717) is 31.7 Å². The molecule has 0 aromatic heterocycles. The Balaban J connectivity index is 1.45. The Hall–Kier alpha value is -2.89. The molecule has 1 aliphatic heterocycles. The van der Waals surface area contributed by atoms with Crippen LogP contribution in [0.4, 0.5) is 9.18 Å². The molecule has 0 saturated carbocycles. The third-order valence-electron chi connectivity index (χ3n) is 4.40. The number of hydrogen-bond donors (Lipinski definition) is 0. The maximum Gasteiger partial charge on any atom is 0.410 e. The van der Waals surface area contributed by atoms with Gasteiger partial charge in [0.1, 0.15) is 12.4 Å². The van der Waals surface area contributed by atoms with Crippen LogP contribution in [-0.2, 0) is 22.6 Å². The second-order valence-corrected chi connectivity index (χ2v) is 6.18. The SMILES string of the molecule is O=C(Cc1ccccc1F)N1CCN(C(=O)OCc2ccccc2)CC1. The van der Waals surface area contributed by atoms with Crippen molar-refractivity contribution in [2.75, 3.05) is 26.2 Å². The Kier molecular flexibility index (Phi) is 5.84. The van der Waals surface area contributed by atoms with E-state index in [4.69, 9.17) is 4.74 Å². The van der Waals surface area contributed by atoms with E-state index in [2.05, 4.69) is 0 Å². The average Bonchev–Trinajstić information content (AvgIpc) is 2.69. The highest BCUT2D eigenvalue weighted by molar-refractivity contribution is 5.79. The van der Waals surface area contributed by atoms with Gasteiger partial charge in [-0.25, -0.2) is 9.18 Å². The minimum atomic E-state index is -0.380. The normalized spacial score (nSPS) is 14.2. The predicted molar refractivity (Wildman–Crippen MR) is 94.9 cm³/mol. The fourth-order valence-electron chi connectivity index (χ4n) is 2.87. The van der Waals surface area contributed by atoms with E-state index in [1.807, 2.05) is 30.3 Å². The van der Waals surface area contributed by atoms with Gasteiger partial charge in [-0.1, -0.05) is 48.5 Å². The van der Waals surface area contributed by atoms with Crippen molar-refractivity contribution in [1.29, 1.82) is 0 Å². The van der Waals surface area contributed by atoms with Crippen LogP contribution in [0.15, 0.2) is 54.6 Å². The first kappa shape index (κ1) is 17.9. The Morgan fingerprint density at radius 1 is 0.885 bits per heavy atom. The minimum absolute atomic E-state index is 0.0329. The molecule has 26 heavy (non-hydrogen) atoms. The molecule has 136 valence electrons. The molecule has 0 atom stereocenters. The van der Waals surface area contributed by atoms with Crippen LogP contribution in [0.25, 0.3) is 0 Å². The molecule has 0 unspecified atom stereocenters. The molecule has 1 aliphatic rings. The van der Waals surface area contributed by atoms with Gasteiger partial charge >= 0.3 is 6.09 Å². The molecule has 1 saturated heterocycles. The Morgan fingerprint density at radius 2 is 1.50 bits per heavy atom. The number of halogens is 1. The van der Waals surface area contributed by atoms with Gasteiger partial charge in [0.2, 0.25) is 5.91 Å². The summed E-state index contributed by atoms with van der Waals surface area (Å²) in [5.41, 5.74) is 1.32. The number of piperazine rings is 1. The second-order valence-electron chi connectivity index (χ2n) is 6.18. The summed E-state index contributed by atoms with van der Waals surface area (Å²) >= 11 is 0. The van der Waals surface area contributed by atoms with Crippen LogP contribution in [0.5, 0.6) is 0 Å². The van der Waals surface area contributed by atoms with Crippen LogP contribution in [0.3, 0.4) is 0 Å². The first-order valence-corrected chi connectivity index (χ1v) is 8.60. The van der Waals surface area contributed by atoms with Gasteiger partial charge in [-0.2, -0.15) is 0 Å². The zero-order chi connectivity index (χ0) is 18.4. The first-order valence-electron chi connectivity index (χ1n) is 8.60. The fraction of sp³-hybridized carbons (Fsp3) is 0.300. The standard InChI is InChI=1S/C20H21FN2O3/c21-18-9-5-4-8-17(18)14-19(24)22-10-12-23(13-11-22)20(25)26-15-16-6-2-1-3-7-16/h1-9H,10-15H2. The van der Waals surface area contributed by atoms with E-state index < -0.39 is 0 Å². The summed E-state index contributed by atoms with van der Waals surface area (Å²) in [7, 11) is 0. The van der Waals surface area contributed by atoms with Crippen LogP contribution >= 0.6 is 0 Å². The summed E-state index contributed by atoms with van der Waals surface area (Å²) in [4.78, 5) is 27.7. The van der Waals surface area contributed by atoms with E-state index in [1.54, 1.807) is 28.0 Å². The highest BCUT2D eigenvalue weighted by atomic mass is 19.1. The van der Waals surface area contributed by atoms with Gasteiger partial charge in [-0.05, 0) is 17.2 Å². The van der Waals surface area contributed by atoms with Gasteiger partial charge in [-0.15, -0.1) is 0 Å². The lowest BCUT2D eigenvalue weighted by Gasteiger charge is -2.34. The minimum Gasteiger partial charge on any atom is -0.445 e. The summed E-state index contributed by atoms with van der Waals surface area (Å²) in [6.07, 6.45) is -0.347. The highest BCUT2D eigenvalue weighted by Gasteiger charge is 2.25. The predicted octanol–water partition coefficient (Wildman–Crippen LogP) is 2.85. The molecule has 1 fully saturated rings. The van der Waals surface area contributed by atoms with Crippen LogP contribution in [0.2, 0.25) is 0 Å². The fourth-order valence-corrected chi connectivity index (χ4v) is 2.87. The summed E-state index contributed by atoms with van der Waals surface area (Å²) < 4.78 is 19.0. The van der Waals surface area contributed by atoms with Crippen LogP contribution in [0.1, 0.15) is 11.1 Å². The van der Waals surface area contributed by atoms with Crippen molar-refractivity contribution in [2.24, 2.45) is 0 Å². The first-order chi connectivity index (χ1) is 12.6. The van der Waals surface area contributed by atoms with Crippen molar-refractivity contribution < 1.29 is 18.7 Å². The number of hydrogen-bond acceptors (Lipinski definition) is 3. The monoisotopic (exact) mass is 356 g/mol. The van der Waals surface area contributed by atoms with Crippen LogP contribution < -0.4 is 0 Å². The Labute approximate surface area is 152 Å². The molecule has 2 aromatic carbocycles. The van der Waals surface area contributed by atoms with Crippen LogP contribution in [0, 0.1) is 5.82 Å². The zero-order valence-corrected chi connectivity index (χ0v) is 14.4. The molecule has 0 spiro atoms. The maximum atomic E-state index is 13.7. The van der Waals surface area contributed by atoms with Gasteiger partial charge in [-0.3, -0.25) is 4.79 Å². The van der Waals surface area contributed by atoms with Crippen LogP contribution in [-0.4, -0.2) is 48.0 Å². The largest absolute Gasteiger partial charge is 0.445 e. The van der Waals surface area contributed by atoms with Crippen molar-refractivity contribution in [1.82, 2.24) is 9.80 Å². The highest BCUT2D eigenvalue weighted by Crippen LogP contribution is 2.11. The Morgan fingerprint density at radius 3 is 2.19 bits per heavy atom. The molecule has 1 heterocycles. The number of ether oxygens (including phenoxy) is 1. The number of carbonyl (C=O) groups is 2. The average molecular weight is 356 g/mol. The molecular weight excluding hydrogens is 335 g/mol. The quantitative estimate of drug-likeness (QED) is 0.846. The topological polar surface area (TPSA) is 49.9 Å². The summed E-state index contributed by atoms with van der Waals surface area (Å²) in [5.74, 6) is -0.503. The maximum absolute atomic E-state index is 13.7. The molecule has 0 bridgehead atoms. The van der Waals surface area contributed by atoms with Crippen molar-refractivity contribution in [2.45, 2.75) is 13.0 Å². The van der Waals surface area contributed by atoms with Gasteiger partial charge < -0.3 is 14.5 Å². The lowest BCUT2D eigenvalue weighted by molar-refractivity contribution is -0.132. The third kappa shape index (κ3) is 4.59. The van der Waals surface area contributed by atoms with Gasteiger partial charge in [0, 0.05) is 26.2 Å². The summed E-state index contributed by atoms with van der Waals surface area (Å²) in [5, 5.41) is 0. The van der Waals surface area contributed by atoms with Crippen molar-refractivity contribution in [3.05, 3.63) is 71.5 Å². The van der Waals surface area contributed by atoms with E-state index in [9.17, 15) is 14.0 Å². The molecule has 2 aromatic rings. The number of nitrogens with zero attached hydrogens (tertiary/aromatic N) is 2. The molecule has 0 aliphatic carbocycles. The molecule has 2 amide bonds. The van der Waals surface area contributed by atoms with Crippen molar-refractivity contribution in [3.63, 3.8) is 0 Å². The molecule has 0 radical (unpaired) electrons. The van der Waals surface area contributed by atoms with Crippen molar-refractivity contribution in [3.8, 4) is 0 Å². The lowest BCUT2D eigenvalue weighted by atomic mass is 10.1. The Bertz CT molecular complexity index is 759. The van der Waals surface area contributed by atoms with Crippen molar-refractivity contribution >= 4 is 12.0 Å². The van der Waals surface area contributed by atoms with E-state index in [1.165, 1.54) is 6.07 Å². The number of carbonyl (C=O) groups excluding carboxylic acids is 2. The van der Waals surface area contributed by atoms with E-state index in [0.717, 1.165) is 5.56 Å². The number of benzene rings is 2. The number of rotatable bonds is 4. The number of amides is 2. The third-order valence-corrected chi connectivity index (χ3v) is 4.40. The molecule has 5 nitrogen and oxygen atoms in total.